The van der Waals surface area contributed by atoms with Gasteiger partial charge in [-0.25, -0.2) is 0 Å². The molecule has 122 valence electrons. The van der Waals surface area contributed by atoms with Crippen LogP contribution in [-0.2, 0) is 9.59 Å². The molecule has 1 aromatic rings. The number of piperidine rings is 1. The summed E-state index contributed by atoms with van der Waals surface area (Å²) in [6, 6.07) is 7.72. The zero-order valence-electron chi connectivity index (χ0n) is 13.1. The summed E-state index contributed by atoms with van der Waals surface area (Å²) in [5.41, 5.74) is 1.20. The highest BCUT2D eigenvalue weighted by atomic mass is 16.2. The molecule has 6 nitrogen and oxygen atoms in total. The van der Waals surface area contributed by atoms with E-state index in [9.17, 15) is 9.59 Å². The Morgan fingerprint density at radius 2 is 1.91 bits per heavy atom. The van der Waals surface area contributed by atoms with Gasteiger partial charge in [0, 0.05) is 13.1 Å². The molecule has 0 unspecified atom stereocenters. The average molecular weight is 314 g/mol. The van der Waals surface area contributed by atoms with E-state index in [1.54, 1.807) is 0 Å². The van der Waals surface area contributed by atoms with Crippen LogP contribution in [0.3, 0.4) is 0 Å². The van der Waals surface area contributed by atoms with E-state index in [1.165, 1.54) is 0 Å². The van der Waals surface area contributed by atoms with Gasteiger partial charge in [0.05, 0.1) is 17.4 Å². The molecule has 0 saturated carbocycles. The van der Waals surface area contributed by atoms with E-state index in [0.29, 0.717) is 25.9 Å². The molecule has 4 rings (SSSR count). The third kappa shape index (κ3) is 2.47. The number of para-hydroxylation sites is 2. The van der Waals surface area contributed by atoms with Crippen LogP contribution in [0.2, 0.25) is 0 Å². The van der Waals surface area contributed by atoms with E-state index in [-0.39, 0.29) is 17.9 Å². The zero-order chi connectivity index (χ0) is 15.9. The molecule has 3 heterocycles. The maximum atomic E-state index is 12.6. The van der Waals surface area contributed by atoms with Gasteiger partial charge in [-0.3, -0.25) is 9.59 Å². The van der Waals surface area contributed by atoms with Crippen molar-refractivity contribution in [2.45, 2.75) is 37.3 Å². The van der Waals surface area contributed by atoms with Crippen LogP contribution in [0.15, 0.2) is 24.3 Å². The van der Waals surface area contributed by atoms with Gasteiger partial charge in [-0.1, -0.05) is 12.1 Å². The molecule has 3 aliphatic rings. The summed E-state index contributed by atoms with van der Waals surface area (Å²) in [7, 11) is 0. The van der Waals surface area contributed by atoms with Crippen LogP contribution in [0.25, 0.3) is 0 Å². The summed E-state index contributed by atoms with van der Waals surface area (Å²) in [5, 5.41) is 9.69. The van der Waals surface area contributed by atoms with Crippen LogP contribution >= 0.6 is 0 Å². The number of carbonyl (C=O) groups excluding carboxylic acids is 2. The highest BCUT2D eigenvalue weighted by Gasteiger charge is 2.45. The van der Waals surface area contributed by atoms with Crippen LogP contribution in [0.1, 0.15) is 25.7 Å². The molecular formula is C17H22N4O2. The SMILES string of the molecule is O=C([C@H]1CCCN1)N1CCC2(CC1)Nc1ccccc1NC2=O. The van der Waals surface area contributed by atoms with Crippen LogP contribution in [-0.4, -0.2) is 47.9 Å². The van der Waals surface area contributed by atoms with Crippen LogP contribution in [0, 0.1) is 0 Å². The number of nitrogens with zero attached hydrogens (tertiary/aromatic N) is 1. The summed E-state index contributed by atoms with van der Waals surface area (Å²) >= 11 is 0. The highest BCUT2D eigenvalue weighted by molar-refractivity contribution is 6.06. The zero-order valence-corrected chi connectivity index (χ0v) is 13.1. The molecule has 23 heavy (non-hydrogen) atoms. The van der Waals surface area contributed by atoms with E-state index in [4.69, 9.17) is 0 Å². The van der Waals surface area contributed by atoms with Crippen molar-refractivity contribution in [3.63, 3.8) is 0 Å². The standard InChI is InChI=1S/C17H22N4O2/c22-15(14-6-3-9-18-14)21-10-7-17(8-11-21)16(23)19-12-4-1-2-5-13(12)20-17/h1-2,4-5,14,18,20H,3,6-11H2,(H,19,23)/t14-/m1/s1. The average Bonchev–Trinajstić information content (AvgIpc) is 3.11. The molecule has 1 spiro atoms. The Morgan fingerprint density at radius 1 is 1.17 bits per heavy atom. The van der Waals surface area contributed by atoms with Gasteiger partial charge < -0.3 is 20.9 Å². The summed E-state index contributed by atoms with van der Waals surface area (Å²) < 4.78 is 0. The summed E-state index contributed by atoms with van der Waals surface area (Å²) in [6.45, 7) is 2.17. The lowest BCUT2D eigenvalue weighted by Gasteiger charge is -2.44. The monoisotopic (exact) mass is 314 g/mol. The Bertz CT molecular complexity index is 631. The fourth-order valence-electron chi connectivity index (χ4n) is 3.83. The number of amides is 2. The Morgan fingerprint density at radius 3 is 2.61 bits per heavy atom. The molecule has 2 fully saturated rings. The summed E-state index contributed by atoms with van der Waals surface area (Å²) in [5.74, 6) is 0.205. The van der Waals surface area contributed by atoms with Gasteiger partial charge in [-0.15, -0.1) is 0 Å². The van der Waals surface area contributed by atoms with Crippen molar-refractivity contribution in [2.24, 2.45) is 0 Å². The lowest BCUT2D eigenvalue weighted by molar-refractivity contribution is -0.136. The van der Waals surface area contributed by atoms with E-state index in [0.717, 1.165) is 30.8 Å². The first-order chi connectivity index (χ1) is 11.2. The van der Waals surface area contributed by atoms with E-state index >= 15 is 0 Å². The Labute approximate surface area is 135 Å². The quantitative estimate of drug-likeness (QED) is 0.727. The molecule has 1 atom stereocenters. The lowest BCUT2D eigenvalue weighted by atomic mass is 9.84. The minimum atomic E-state index is -0.589. The molecule has 0 bridgehead atoms. The third-order valence-electron chi connectivity index (χ3n) is 5.27. The Balaban J connectivity index is 1.46. The lowest BCUT2D eigenvalue weighted by Crippen LogP contribution is -2.60. The third-order valence-corrected chi connectivity index (χ3v) is 5.27. The second kappa shape index (κ2) is 5.53. The number of rotatable bonds is 1. The first kappa shape index (κ1) is 14.5. The number of hydrogen-bond acceptors (Lipinski definition) is 4. The maximum absolute atomic E-state index is 12.6. The molecule has 3 aliphatic heterocycles. The topological polar surface area (TPSA) is 73.5 Å². The number of likely N-dealkylation sites (tertiary alicyclic amines) is 1. The molecule has 0 aliphatic carbocycles. The van der Waals surface area contributed by atoms with Crippen LogP contribution in [0.5, 0.6) is 0 Å². The molecule has 0 radical (unpaired) electrons. The number of benzene rings is 1. The summed E-state index contributed by atoms with van der Waals surface area (Å²) in [6.07, 6.45) is 3.28. The van der Waals surface area contributed by atoms with E-state index in [1.807, 2.05) is 29.2 Å². The van der Waals surface area contributed by atoms with Crippen molar-refractivity contribution in [1.82, 2.24) is 10.2 Å². The number of anilines is 2. The first-order valence-corrected chi connectivity index (χ1v) is 8.39. The van der Waals surface area contributed by atoms with Crippen molar-refractivity contribution in [1.29, 1.82) is 0 Å². The second-order valence-corrected chi connectivity index (χ2v) is 6.68. The molecular weight excluding hydrogens is 292 g/mol. The maximum Gasteiger partial charge on any atom is 0.250 e. The minimum Gasteiger partial charge on any atom is -0.369 e. The smallest absolute Gasteiger partial charge is 0.250 e. The number of hydrogen-bond donors (Lipinski definition) is 3. The number of nitrogens with one attached hydrogen (secondary N) is 3. The Hall–Kier alpha value is -2.08. The fraction of sp³-hybridized carbons (Fsp3) is 0.529. The van der Waals surface area contributed by atoms with Gasteiger partial charge in [0.25, 0.3) is 0 Å². The predicted molar refractivity (Wildman–Crippen MR) is 88.3 cm³/mol. The predicted octanol–water partition coefficient (Wildman–Crippen LogP) is 1.16. The first-order valence-electron chi connectivity index (χ1n) is 8.39. The normalized spacial score (nSPS) is 25.7. The van der Waals surface area contributed by atoms with Crippen LogP contribution < -0.4 is 16.0 Å². The van der Waals surface area contributed by atoms with Gasteiger partial charge in [-0.05, 0) is 44.4 Å². The van der Waals surface area contributed by atoms with Gasteiger partial charge in [0.2, 0.25) is 11.8 Å². The van der Waals surface area contributed by atoms with Gasteiger partial charge in [0.15, 0.2) is 0 Å². The highest BCUT2D eigenvalue weighted by Crippen LogP contribution is 2.36. The van der Waals surface area contributed by atoms with Crippen molar-refractivity contribution in [3.8, 4) is 0 Å². The largest absolute Gasteiger partial charge is 0.369 e. The van der Waals surface area contributed by atoms with E-state index < -0.39 is 5.54 Å². The van der Waals surface area contributed by atoms with Crippen LogP contribution in [0.4, 0.5) is 11.4 Å². The minimum absolute atomic E-state index is 0.0160. The second-order valence-electron chi connectivity index (χ2n) is 6.68. The fourth-order valence-corrected chi connectivity index (χ4v) is 3.83. The molecule has 6 heteroatoms. The van der Waals surface area contributed by atoms with Gasteiger partial charge in [-0.2, -0.15) is 0 Å². The van der Waals surface area contributed by atoms with Crippen molar-refractivity contribution in [3.05, 3.63) is 24.3 Å². The summed E-state index contributed by atoms with van der Waals surface area (Å²) in [4.78, 5) is 27.0. The Kier molecular flexibility index (Phi) is 3.49. The number of carbonyl (C=O) groups is 2. The number of fused-ring (bicyclic) bond motifs is 1. The molecule has 0 aromatic heterocycles. The molecule has 1 aromatic carbocycles. The molecule has 2 saturated heterocycles. The molecule has 3 N–H and O–H groups in total. The van der Waals surface area contributed by atoms with Gasteiger partial charge in [0.1, 0.15) is 5.54 Å². The van der Waals surface area contributed by atoms with E-state index in [2.05, 4.69) is 16.0 Å². The molecule has 2 amide bonds. The van der Waals surface area contributed by atoms with Gasteiger partial charge >= 0.3 is 0 Å². The van der Waals surface area contributed by atoms with Crippen molar-refractivity contribution in [2.75, 3.05) is 30.3 Å². The van der Waals surface area contributed by atoms with Crippen molar-refractivity contribution < 1.29 is 9.59 Å². The van der Waals surface area contributed by atoms with Crippen molar-refractivity contribution >= 4 is 23.2 Å².